The zero-order valence-corrected chi connectivity index (χ0v) is 16.6. The number of rotatable bonds is 7. The Morgan fingerprint density at radius 1 is 1.04 bits per heavy atom. The van der Waals surface area contributed by atoms with Crippen LogP contribution < -0.4 is 0 Å². The van der Waals surface area contributed by atoms with Crippen molar-refractivity contribution in [1.29, 1.82) is 0 Å². The predicted octanol–water partition coefficient (Wildman–Crippen LogP) is 5.02. The Labute approximate surface area is 161 Å². The zero-order chi connectivity index (χ0) is 19.4. The van der Waals surface area contributed by atoms with Gasteiger partial charge in [0.2, 0.25) is 0 Å². The number of aryl methyl sites for hydroxylation is 1. The summed E-state index contributed by atoms with van der Waals surface area (Å²) in [5.41, 5.74) is 2.17. The first-order chi connectivity index (χ1) is 13.0. The van der Waals surface area contributed by atoms with E-state index in [1.54, 1.807) is 36.4 Å². The second kappa shape index (κ2) is 8.09. The minimum atomic E-state index is -3.94. The van der Waals surface area contributed by atoms with Crippen LogP contribution in [0.15, 0.2) is 65.6 Å². The van der Waals surface area contributed by atoms with Crippen LogP contribution in [0, 0.1) is 6.92 Å². The third-order valence-electron chi connectivity index (χ3n) is 4.83. The lowest BCUT2D eigenvalue weighted by molar-refractivity contribution is 0.0867. The van der Waals surface area contributed by atoms with Crippen LogP contribution in [-0.4, -0.2) is 18.6 Å². The lowest BCUT2D eigenvalue weighted by Crippen LogP contribution is -2.34. The fourth-order valence-corrected chi connectivity index (χ4v) is 4.83. The number of fused-ring (bicyclic) bond motifs is 1. The minimum Gasteiger partial charge on any atom is -0.268 e. The van der Waals surface area contributed by atoms with Crippen molar-refractivity contribution in [3.05, 3.63) is 77.4 Å². The van der Waals surface area contributed by atoms with Gasteiger partial charge in [0.15, 0.2) is 0 Å². The second-order valence-corrected chi connectivity index (χ2v) is 8.69. The molecule has 1 amide bonds. The highest BCUT2D eigenvalue weighted by molar-refractivity contribution is 7.89. The summed E-state index contributed by atoms with van der Waals surface area (Å²) in [7, 11) is -3.94. The first-order valence-electron chi connectivity index (χ1n) is 9.38. The highest BCUT2D eigenvalue weighted by atomic mass is 32.2. The van der Waals surface area contributed by atoms with Crippen molar-refractivity contribution in [2.75, 3.05) is 0 Å². The third kappa shape index (κ3) is 3.83. The van der Waals surface area contributed by atoms with Crippen molar-refractivity contribution >= 4 is 15.9 Å². The number of carbonyl (C=O) groups is 1. The summed E-state index contributed by atoms with van der Waals surface area (Å²) in [4.78, 5) is 13.1. The van der Waals surface area contributed by atoms with Gasteiger partial charge in [-0.3, -0.25) is 4.79 Å². The lowest BCUT2D eigenvalue weighted by atomic mass is 10.0. The molecule has 2 aromatic rings. The molecule has 1 atom stereocenters. The van der Waals surface area contributed by atoms with Crippen LogP contribution in [0.5, 0.6) is 0 Å². The topological polar surface area (TPSA) is 54.5 Å². The Bertz CT molecular complexity index is 946. The molecule has 5 heteroatoms. The van der Waals surface area contributed by atoms with Crippen LogP contribution in [0.1, 0.15) is 60.1 Å². The molecule has 0 saturated carbocycles. The summed E-state index contributed by atoms with van der Waals surface area (Å²) >= 11 is 0. The molecule has 4 nitrogen and oxygen atoms in total. The monoisotopic (exact) mass is 383 g/mol. The predicted molar refractivity (Wildman–Crippen MR) is 107 cm³/mol. The Hall–Kier alpha value is -2.40. The molecule has 0 bridgehead atoms. The fraction of sp³-hybridized carbons (Fsp3) is 0.318. The number of allylic oxidation sites excluding steroid dienone is 1. The Balaban J connectivity index is 1.98. The number of unbranched alkanes of at least 4 members (excludes halogenated alkanes) is 3. The van der Waals surface area contributed by atoms with Crippen molar-refractivity contribution in [3.8, 4) is 0 Å². The van der Waals surface area contributed by atoms with E-state index in [1.807, 2.05) is 31.2 Å². The smallest absolute Gasteiger partial charge is 0.268 e. The van der Waals surface area contributed by atoms with Crippen molar-refractivity contribution in [2.45, 2.75) is 50.5 Å². The number of carbonyl (C=O) groups excluding carboxylic acids is 1. The van der Waals surface area contributed by atoms with E-state index in [0.717, 1.165) is 41.1 Å². The van der Waals surface area contributed by atoms with E-state index in [4.69, 9.17) is 0 Å². The first kappa shape index (κ1) is 19.4. The molecule has 0 aromatic heterocycles. The van der Waals surface area contributed by atoms with E-state index < -0.39 is 22.0 Å². The summed E-state index contributed by atoms with van der Waals surface area (Å²) in [6, 6.07) is 13.1. The van der Waals surface area contributed by atoms with Gasteiger partial charge in [-0.15, -0.1) is 0 Å². The number of sulfonamides is 1. The standard InChI is InChI=1S/C22H25NO3S/c1-3-4-5-6-7-12-21-19-10-8-9-11-20(19)22(24)23(21)27(25,26)18-15-13-17(2)14-16-18/h7-16,21H,3-6H2,1-2H3/b12-7+/t21-/m0/s1. The maximum Gasteiger partial charge on any atom is 0.268 e. The number of hydrogen-bond acceptors (Lipinski definition) is 3. The SMILES string of the molecule is CCCCC/C=C/[C@H]1c2ccccc2C(=O)N1S(=O)(=O)c1ccc(C)cc1. The van der Waals surface area contributed by atoms with Gasteiger partial charge in [-0.2, -0.15) is 0 Å². The average Bonchev–Trinajstić information content (AvgIpc) is 2.95. The molecular weight excluding hydrogens is 358 g/mol. The highest BCUT2D eigenvalue weighted by Gasteiger charge is 2.43. The Kier molecular flexibility index (Phi) is 5.80. The van der Waals surface area contributed by atoms with Gasteiger partial charge < -0.3 is 0 Å². The van der Waals surface area contributed by atoms with Crippen molar-refractivity contribution in [2.24, 2.45) is 0 Å². The van der Waals surface area contributed by atoms with E-state index in [-0.39, 0.29) is 4.90 Å². The lowest BCUT2D eigenvalue weighted by Gasteiger charge is -2.23. The molecule has 0 unspecified atom stereocenters. The summed E-state index contributed by atoms with van der Waals surface area (Å²) in [6.45, 7) is 4.04. The quantitative estimate of drug-likeness (QED) is 0.498. The van der Waals surface area contributed by atoms with E-state index >= 15 is 0 Å². The van der Waals surface area contributed by atoms with Crippen LogP contribution in [0.25, 0.3) is 0 Å². The molecular formula is C22H25NO3S. The van der Waals surface area contributed by atoms with E-state index in [2.05, 4.69) is 6.92 Å². The molecule has 0 radical (unpaired) electrons. The molecule has 0 fully saturated rings. The highest BCUT2D eigenvalue weighted by Crippen LogP contribution is 2.38. The first-order valence-corrected chi connectivity index (χ1v) is 10.8. The molecule has 142 valence electrons. The van der Waals surface area contributed by atoms with Gasteiger partial charge in [0, 0.05) is 5.56 Å². The van der Waals surface area contributed by atoms with Crippen molar-refractivity contribution in [3.63, 3.8) is 0 Å². The summed E-state index contributed by atoms with van der Waals surface area (Å²) in [5, 5.41) is 0. The summed E-state index contributed by atoms with van der Waals surface area (Å²) in [5.74, 6) is -0.464. The van der Waals surface area contributed by atoms with E-state index in [0.29, 0.717) is 5.56 Å². The van der Waals surface area contributed by atoms with Crippen LogP contribution in [0.3, 0.4) is 0 Å². The maximum atomic E-state index is 13.2. The molecule has 1 aliphatic rings. The number of nitrogens with zero attached hydrogens (tertiary/aromatic N) is 1. The number of benzene rings is 2. The van der Waals surface area contributed by atoms with Gasteiger partial charge in [-0.1, -0.05) is 67.8 Å². The van der Waals surface area contributed by atoms with Gasteiger partial charge >= 0.3 is 0 Å². The van der Waals surface area contributed by atoms with Crippen molar-refractivity contribution < 1.29 is 13.2 Å². The van der Waals surface area contributed by atoms with Gasteiger partial charge in [0.05, 0.1) is 10.9 Å². The number of amides is 1. The molecule has 27 heavy (non-hydrogen) atoms. The van der Waals surface area contributed by atoms with Crippen molar-refractivity contribution in [1.82, 2.24) is 4.31 Å². The summed E-state index contributed by atoms with van der Waals surface area (Å²) in [6.07, 6.45) is 8.04. The largest absolute Gasteiger partial charge is 0.268 e. The molecule has 0 aliphatic carbocycles. The van der Waals surface area contributed by atoms with Gasteiger partial charge in [0.1, 0.15) is 0 Å². The molecule has 0 spiro atoms. The number of hydrogen-bond donors (Lipinski definition) is 0. The molecule has 0 N–H and O–H groups in total. The van der Waals surface area contributed by atoms with Gasteiger partial charge in [-0.25, -0.2) is 12.7 Å². The van der Waals surface area contributed by atoms with Crippen LogP contribution >= 0.6 is 0 Å². The third-order valence-corrected chi connectivity index (χ3v) is 6.61. The maximum absolute atomic E-state index is 13.2. The van der Waals surface area contributed by atoms with Gasteiger partial charge in [0.25, 0.3) is 15.9 Å². The Morgan fingerprint density at radius 2 is 1.74 bits per heavy atom. The molecule has 1 aliphatic heterocycles. The molecule has 1 heterocycles. The Morgan fingerprint density at radius 3 is 2.44 bits per heavy atom. The average molecular weight is 384 g/mol. The van der Waals surface area contributed by atoms with Crippen LogP contribution in [-0.2, 0) is 10.0 Å². The molecule has 3 rings (SSSR count). The molecule has 0 saturated heterocycles. The molecule has 2 aromatic carbocycles. The van der Waals surface area contributed by atoms with Crippen LogP contribution in [0.4, 0.5) is 0 Å². The minimum absolute atomic E-state index is 0.138. The zero-order valence-electron chi connectivity index (χ0n) is 15.8. The van der Waals surface area contributed by atoms with Gasteiger partial charge in [-0.05, 0) is 43.5 Å². The van der Waals surface area contributed by atoms with E-state index in [1.165, 1.54) is 0 Å². The summed E-state index contributed by atoms with van der Waals surface area (Å²) < 4.78 is 27.5. The normalized spacial score (nSPS) is 16.9. The van der Waals surface area contributed by atoms with Crippen LogP contribution in [0.2, 0.25) is 0 Å². The second-order valence-electron chi connectivity index (χ2n) is 6.88. The fourth-order valence-electron chi connectivity index (χ4n) is 3.32. The van der Waals surface area contributed by atoms with E-state index in [9.17, 15) is 13.2 Å².